The Bertz CT molecular complexity index is 465. The van der Waals surface area contributed by atoms with Crippen molar-refractivity contribution in [3.8, 4) is 0 Å². The number of carbonyl (C=O) groups is 1. The van der Waals surface area contributed by atoms with Crippen LogP contribution in [0.15, 0.2) is 29.3 Å². The van der Waals surface area contributed by atoms with Crippen molar-refractivity contribution >= 4 is 11.9 Å². The molecule has 4 nitrogen and oxygen atoms in total. The van der Waals surface area contributed by atoms with E-state index in [1.807, 2.05) is 32.0 Å². The summed E-state index contributed by atoms with van der Waals surface area (Å²) in [5.41, 5.74) is 1.60. The van der Waals surface area contributed by atoms with Gasteiger partial charge in [0.05, 0.1) is 12.6 Å². The number of hydrogen-bond donors (Lipinski definition) is 1. The number of carbonyl (C=O) groups excluding carboxylic acids is 1. The topological polar surface area (TPSA) is 50.7 Å². The molecule has 0 aromatic heterocycles. The molecule has 1 aliphatic rings. The number of aryl methyl sites for hydroxylation is 1. The lowest BCUT2D eigenvalue weighted by atomic mass is 10.1. The lowest BCUT2D eigenvalue weighted by Crippen LogP contribution is -2.33. The van der Waals surface area contributed by atoms with E-state index < -0.39 is 0 Å². The summed E-state index contributed by atoms with van der Waals surface area (Å²) in [7, 11) is 0. The summed E-state index contributed by atoms with van der Waals surface area (Å²) in [6, 6.07) is 8.13. The average molecular weight is 246 g/mol. The fraction of sp³-hybridized carbons (Fsp3) is 0.429. The number of benzene rings is 1. The Morgan fingerprint density at radius 1 is 1.44 bits per heavy atom. The van der Waals surface area contributed by atoms with Crippen molar-refractivity contribution in [2.24, 2.45) is 4.99 Å². The highest BCUT2D eigenvalue weighted by Gasteiger charge is 2.22. The summed E-state index contributed by atoms with van der Waals surface area (Å²) in [5.74, 6) is -0.166. The van der Waals surface area contributed by atoms with Gasteiger partial charge in [-0.1, -0.05) is 18.2 Å². The molecule has 1 N–H and O–H groups in total. The first-order valence-electron chi connectivity index (χ1n) is 6.28. The van der Waals surface area contributed by atoms with Crippen molar-refractivity contribution in [2.75, 3.05) is 6.61 Å². The highest BCUT2D eigenvalue weighted by Crippen LogP contribution is 2.23. The maximum Gasteiger partial charge on any atom is 0.291 e. The summed E-state index contributed by atoms with van der Waals surface area (Å²) in [6.07, 6.45) is 2.16. The molecule has 1 aromatic carbocycles. The Labute approximate surface area is 107 Å². The van der Waals surface area contributed by atoms with Crippen molar-refractivity contribution in [3.05, 3.63) is 35.4 Å². The second-order valence-corrected chi connectivity index (χ2v) is 4.37. The molecular formula is C14H18N2O2. The molecular weight excluding hydrogens is 228 g/mol. The van der Waals surface area contributed by atoms with Crippen LogP contribution in [0.25, 0.3) is 0 Å². The molecule has 1 aliphatic carbocycles. The molecule has 0 heterocycles. The summed E-state index contributed by atoms with van der Waals surface area (Å²) in [5, 5.41) is 2.74. The van der Waals surface area contributed by atoms with Crippen LogP contribution >= 0.6 is 0 Å². The summed E-state index contributed by atoms with van der Waals surface area (Å²) in [4.78, 5) is 16.4. The minimum Gasteiger partial charge on any atom is -0.465 e. The SMILES string of the molecule is CCOC(=NC1CC1)NC(=O)c1ccccc1C. The molecule has 0 spiro atoms. The molecule has 0 atom stereocenters. The second kappa shape index (κ2) is 5.67. The molecule has 96 valence electrons. The van der Waals surface area contributed by atoms with Crippen molar-refractivity contribution in [2.45, 2.75) is 32.7 Å². The molecule has 1 fully saturated rings. The fourth-order valence-electron chi connectivity index (χ4n) is 1.60. The maximum atomic E-state index is 12.1. The summed E-state index contributed by atoms with van der Waals surface area (Å²) >= 11 is 0. The molecule has 1 saturated carbocycles. The Kier molecular flexibility index (Phi) is 3.97. The van der Waals surface area contributed by atoms with Crippen molar-refractivity contribution in [3.63, 3.8) is 0 Å². The first-order valence-corrected chi connectivity index (χ1v) is 6.28. The van der Waals surface area contributed by atoms with Gasteiger partial charge in [0.15, 0.2) is 0 Å². The Morgan fingerprint density at radius 2 is 2.17 bits per heavy atom. The van der Waals surface area contributed by atoms with Gasteiger partial charge in [-0.2, -0.15) is 0 Å². The van der Waals surface area contributed by atoms with Crippen molar-refractivity contribution < 1.29 is 9.53 Å². The molecule has 0 radical (unpaired) electrons. The normalized spacial score (nSPS) is 15.3. The van der Waals surface area contributed by atoms with Crippen LogP contribution in [0, 0.1) is 6.92 Å². The van der Waals surface area contributed by atoms with E-state index in [-0.39, 0.29) is 5.91 Å². The number of aliphatic imine (C=N–C) groups is 1. The predicted octanol–water partition coefficient (Wildman–Crippen LogP) is 2.28. The first-order chi connectivity index (χ1) is 8.70. The molecule has 4 heteroatoms. The van der Waals surface area contributed by atoms with Crippen LogP contribution < -0.4 is 5.32 Å². The van der Waals surface area contributed by atoms with Gasteiger partial charge >= 0.3 is 0 Å². The van der Waals surface area contributed by atoms with Gasteiger partial charge in [0, 0.05) is 5.56 Å². The molecule has 0 saturated heterocycles. The third-order valence-corrected chi connectivity index (χ3v) is 2.74. The van der Waals surface area contributed by atoms with Crippen molar-refractivity contribution in [1.29, 1.82) is 0 Å². The van der Waals surface area contributed by atoms with Gasteiger partial charge in [0.2, 0.25) is 0 Å². The first kappa shape index (κ1) is 12.6. The smallest absolute Gasteiger partial charge is 0.291 e. The Balaban J connectivity index is 2.07. The minimum atomic E-state index is -0.166. The standard InChI is InChI=1S/C14H18N2O2/c1-3-18-14(15-11-8-9-11)16-13(17)12-7-5-4-6-10(12)2/h4-7,11H,3,8-9H2,1-2H3,(H,15,16,17). The van der Waals surface area contributed by atoms with Gasteiger partial charge in [-0.15, -0.1) is 0 Å². The van der Waals surface area contributed by atoms with Gasteiger partial charge in [-0.25, -0.2) is 4.99 Å². The quantitative estimate of drug-likeness (QED) is 0.657. The van der Waals surface area contributed by atoms with Crippen LogP contribution in [-0.4, -0.2) is 24.6 Å². The van der Waals surface area contributed by atoms with Gasteiger partial charge in [-0.3, -0.25) is 10.1 Å². The highest BCUT2D eigenvalue weighted by atomic mass is 16.5. The Morgan fingerprint density at radius 3 is 2.78 bits per heavy atom. The second-order valence-electron chi connectivity index (χ2n) is 4.37. The number of rotatable bonds is 3. The van der Waals surface area contributed by atoms with Gasteiger partial charge in [0.1, 0.15) is 0 Å². The summed E-state index contributed by atoms with van der Waals surface area (Å²) < 4.78 is 5.34. The third kappa shape index (κ3) is 3.32. The van der Waals surface area contributed by atoms with E-state index in [0.717, 1.165) is 18.4 Å². The molecule has 0 unspecified atom stereocenters. The van der Waals surface area contributed by atoms with Gasteiger partial charge < -0.3 is 4.74 Å². The van der Waals surface area contributed by atoms with E-state index in [0.29, 0.717) is 24.2 Å². The summed E-state index contributed by atoms with van der Waals surface area (Å²) in [6.45, 7) is 4.29. The number of amides is 1. The number of ether oxygens (including phenoxy) is 1. The molecule has 2 rings (SSSR count). The monoisotopic (exact) mass is 246 g/mol. The number of hydrogen-bond acceptors (Lipinski definition) is 3. The lowest BCUT2D eigenvalue weighted by molar-refractivity contribution is 0.0965. The number of nitrogens with zero attached hydrogens (tertiary/aromatic N) is 1. The highest BCUT2D eigenvalue weighted by molar-refractivity contribution is 6.05. The number of amidine groups is 1. The lowest BCUT2D eigenvalue weighted by Gasteiger charge is -2.10. The van der Waals surface area contributed by atoms with E-state index in [4.69, 9.17) is 4.74 Å². The molecule has 0 aliphatic heterocycles. The van der Waals surface area contributed by atoms with Crippen LogP contribution in [0.2, 0.25) is 0 Å². The van der Waals surface area contributed by atoms with Crippen LogP contribution in [0.3, 0.4) is 0 Å². The van der Waals surface area contributed by atoms with E-state index in [2.05, 4.69) is 10.3 Å². The fourth-order valence-corrected chi connectivity index (χ4v) is 1.60. The zero-order chi connectivity index (χ0) is 13.0. The third-order valence-electron chi connectivity index (χ3n) is 2.74. The van der Waals surface area contributed by atoms with Gasteiger partial charge in [0.25, 0.3) is 11.9 Å². The van der Waals surface area contributed by atoms with E-state index >= 15 is 0 Å². The molecule has 1 aromatic rings. The van der Waals surface area contributed by atoms with E-state index in [1.165, 1.54) is 0 Å². The van der Waals surface area contributed by atoms with Crippen LogP contribution in [0.4, 0.5) is 0 Å². The molecule has 1 amide bonds. The number of nitrogens with one attached hydrogen (secondary N) is 1. The zero-order valence-corrected chi connectivity index (χ0v) is 10.8. The molecule has 0 bridgehead atoms. The predicted molar refractivity (Wildman–Crippen MR) is 70.7 cm³/mol. The van der Waals surface area contributed by atoms with Crippen LogP contribution in [-0.2, 0) is 4.74 Å². The minimum absolute atomic E-state index is 0.166. The van der Waals surface area contributed by atoms with Gasteiger partial charge in [-0.05, 0) is 38.3 Å². The van der Waals surface area contributed by atoms with Crippen LogP contribution in [0.1, 0.15) is 35.7 Å². The van der Waals surface area contributed by atoms with Crippen molar-refractivity contribution in [1.82, 2.24) is 5.32 Å². The molecule has 18 heavy (non-hydrogen) atoms. The van der Waals surface area contributed by atoms with E-state index in [1.54, 1.807) is 6.07 Å². The largest absolute Gasteiger partial charge is 0.465 e. The maximum absolute atomic E-state index is 12.1. The average Bonchev–Trinajstić information content (AvgIpc) is 3.13. The zero-order valence-electron chi connectivity index (χ0n) is 10.8. The Hall–Kier alpha value is -1.84. The van der Waals surface area contributed by atoms with E-state index in [9.17, 15) is 4.79 Å². The van der Waals surface area contributed by atoms with Crippen LogP contribution in [0.5, 0.6) is 0 Å².